The van der Waals surface area contributed by atoms with E-state index in [9.17, 15) is 0 Å². The highest BCUT2D eigenvalue weighted by molar-refractivity contribution is 5.16. The van der Waals surface area contributed by atoms with Gasteiger partial charge in [-0.2, -0.15) is 5.10 Å². The van der Waals surface area contributed by atoms with Gasteiger partial charge in [-0.25, -0.2) is 4.98 Å². The summed E-state index contributed by atoms with van der Waals surface area (Å²) in [5.41, 5.74) is 1.60. The quantitative estimate of drug-likeness (QED) is 0.926. The number of hydrogen-bond donors (Lipinski definition) is 1. The Morgan fingerprint density at radius 1 is 1.40 bits per heavy atom. The molecule has 0 amide bonds. The number of aromatic nitrogens is 4. The summed E-state index contributed by atoms with van der Waals surface area (Å²) in [5, 5.41) is 7.74. The molecule has 0 saturated carbocycles. The van der Waals surface area contributed by atoms with Crippen LogP contribution in [0.2, 0.25) is 0 Å². The number of imidazole rings is 1. The molecule has 1 fully saturated rings. The first-order valence-electron chi connectivity index (χ1n) is 7.39. The van der Waals surface area contributed by atoms with Crippen LogP contribution in [0.5, 0.6) is 0 Å². The highest BCUT2D eigenvalue weighted by Crippen LogP contribution is 2.34. The van der Waals surface area contributed by atoms with E-state index in [1.54, 1.807) is 0 Å². The highest BCUT2D eigenvalue weighted by atomic mass is 15.3. The average Bonchev–Trinajstić information content (AvgIpc) is 3.10. The van der Waals surface area contributed by atoms with Gasteiger partial charge in [-0.15, -0.1) is 0 Å². The van der Waals surface area contributed by atoms with Crippen LogP contribution in [0.3, 0.4) is 0 Å². The molecule has 20 heavy (non-hydrogen) atoms. The van der Waals surface area contributed by atoms with Crippen molar-refractivity contribution in [1.82, 2.24) is 24.6 Å². The van der Waals surface area contributed by atoms with Crippen molar-refractivity contribution in [2.75, 3.05) is 13.1 Å². The molecule has 1 N–H and O–H groups in total. The van der Waals surface area contributed by atoms with Gasteiger partial charge in [0.15, 0.2) is 0 Å². The standard InChI is InChI=1S/C15H23N5/c1-13(11-19-9-3-6-18-19)20-12-17-10-14(20)15(2)4-7-16-8-5-15/h3,6,9-10,12-13,16H,4-5,7-8,11H2,1-2H3. The van der Waals surface area contributed by atoms with E-state index in [4.69, 9.17) is 0 Å². The summed E-state index contributed by atoms with van der Waals surface area (Å²) in [6.45, 7) is 7.66. The van der Waals surface area contributed by atoms with Gasteiger partial charge in [-0.1, -0.05) is 6.92 Å². The molecule has 0 bridgehead atoms. The van der Waals surface area contributed by atoms with Crippen LogP contribution in [0.4, 0.5) is 0 Å². The fraction of sp³-hybridized carbons (Fsp3) is 0.600. The SMILES string of the molecule is CC(Cn1cccn1)n1cncc1C1(C)CCNCC1. The Hall–Kier alpha value is -1.62. The van der Waals surface area contributed by atoms with Crippen molar-refractivity contribution in [3.8, 4) is 0 Å². The van der Waals surface area contributed by atoms with Crippen molar-refractivity contribution in [3.63, 3.8) is 0 Å². The van der Waals surface area contributed by atoms with Crippen LogP contribution >= 0.6 is 0 Å². The molecule has 2 aromatic rings. The summed E-state index contributed by atoms with van der Waals surface area (Å²) < 4.78 is 4.31. The minimum atomic E-state index is 0.236. The summed E-state index contributed by atoms with van der Waals surface area (Å²) in [6, 6.07) is 2.33. The number of piperidine rings is 1. The van der Waals surface area contributed by atoms with Gasteiger partial charge in [-0.3, -0.25) is 4.68 Å². The van der Waals surface area contributed by atoms with E-state index < -0.39 is 0 Å². The second-order valence-electron chi connectivity index (χ2n) is 6.07. The van der Waals surface area contributed by atoms with Gasteiger partial charge in [0.1, 0.15) is 0 Å². The Balaban J connectivity index is 1.82. The zero-order chi connectivity index (χ0) is 14.0. The average molecular weight is 273 g/mol. The molecule has 0 aromatic carbocycles. The normalized spacial score (nSPS) is 19.9. The van der Waals surface area contributed by atoms with Crippen molar-refractivity contribution in [2.24, 2.45) is 0 Å². The minimum absolute atomic E-state index is 0.236. The van der Waals surface area contributed by atoms with Crippen LogP contribution in [0.1, 0.15) is 38.4 Å². The second-order valence-corrected chi connectivity index (χ2v) is 6.07. The lowest BCUT2D eigenvalue weighted by atomic mass is 9.78. The molecule has 1 aliphatic heterocycles. The lowest BCUT2D eigenvalue weighted by Crippen LogP contribution is -2.39. The molecule has 1 saturated heterocycles. The maximum atomic E-state index is 4.41. The van der Waals surface area contributed by atoms with Gasteiger partial charge in [0, 0.05) is 29.7 Å². The van der Waals surface area contributed by atoms with Crippen LogP contribution in [-0.4, -0.2) is 32.4 Å². The van der Waals surface area contributed by atoms with Crippen LogP contribution < -0.4 is 5.32 Å². The smallest absolute Gasteiger partial charge is 0.0951 e. The van der Waals surface area contributed by atoms with Crippen LogP contribution in [0.15, 0.2) is 31.0 Å². The summed E-state index contributed by atoms with van der Waals surface area (Å²) in [7, 11) is 0. The molecule has 3 heterocycles. The third kappa shape index (κ3) is 2.50. The fourth-order valence-electron chi connectivity index (χ4n) is 3.13. The Morgan fingerprint density at radius 3 is 2.90 bits per heavy atom. The van der Waals surface area contributed by atoms with E-state index >= 15 is 0 Å². The molecule has 1 unspecified atom stereocenters. The Kier molecular flexibility index (Phi) is 3.61. The molecular formula is C15H23N5. The Morgan fingerprint density at radius 2 is 2.20 bits per heavy atom. The van der Waals surface area contributed by atoms with Crippen molar-refractivity contribution in [1.29, 1.82) is 0 Å². The van der Waals surface area contributed by atoms with Crippen LogP contribution in [0, 0.1) is 0 Å². The minimum Gasteiger partial charge on any atom is -0.329 e. The lowest BCUT2D eigenvalue weighted by Gasteiger charge is -2.35. The number of rotatable bonds is 4. The van der Waals surface area contributed by atoms with Gasteiger partial charge >= 0.3 is 0 Å². The van der Waals surface area contributed by atoms with E-state index in [1.165, 1.54) is 18.5 Å². The Labute approximate surface area is 120 Å². The first-order valence-corrected chi connectivity index (χ1v) is 7.39. The van der Waals surface area contributed by atoms with Crippen molar-refractivity contribution < 1.29 is 0 Å². The molecule has 3 rings (SSSR count). The van der Waals surface area contributed by atoms with E-state index in [0.29, 0.717) is 6.04 Å². The lowest BCUT2D eigenvalue weighted by molar-refractivity contribution is 0.303. The number of nitrogens with zero attached hydrogens (tertiary/aromatic N) is 4. The zero-order valence-corrected chi connectivity index (χ0v) is 12.3. The van der Waals surface area contributed by atoms with Crippen molar-refractivity contribution >= 4 is 0 Å². The fourth-order valence-corrected chi connectivity index (χ4v) is 3.13. The number of hydrogen-bond acceptors (Lipinski definition) is 3. The molecule has 1 aliphatic rings. The van der Waals surface area contributed by atoms with Gasteiger partial charge in [-0.05, 0) is 38.9 Å². The molecule has 0 aliphatic carbocycles. The molecule has 1 atom stereocenters. The second kappa shape index (κ2) is 5.40. The monoisotopic (exact) mass is 273 g/mol. The summed E-state index contributed by atoms with van der Waals surface area (Å²) in [6.07, 6.45) is 10.2. The van der Waals surface area contributed by atoms with Crippen LogP contribution in [0.25, 0.3) is 0 Å². The van der Waals surface area contributed by atoms with E-state index in [1.807, 2.05) is 35.7 Å². The zero-order valence-electron chi connectivity index (χ0n) is 12.3. The molecule has 5 nitrogen and oxygen atoms in total. The molecule has 108 valence electrons. The van der Waals surface area contributed by atoms with Gasteiger partial charge in [0.05, 0.1) is 18.9 Å². The first-order chi connectivity index (χ1) is 9.69. The van der Waals surface area contributed by atoms with Crippen molar-refractivity contribution in [3.05, 3.63) is 36.7 Å². The summed E-state index contributed by atoms with van der Waals surface area (Å²) >= 11 is 0. The van der Waals surface area contributed by atoms with E-state index in [-0.39, 0.29) is 5.41 Å². The maximum absolute atomic E-state index is 4.41. The maximum Gasteiger partial charge on any atom is 0.0951 e. The summed E-state index contributed by atoms with van der Waals surface area (Å²) in [4.78, 5) is 4.41. The van der Waals surface area contributed by atoms with Gasteiger partial charge in [0.2, 0.25) is 0 Å². The molecule has 0 spiro atoms. The molecule has 5 heteroatoms. The van der Waals surface area contributed by atoms with Gasteiger partial charge < -0.3 is 9.88 Å². The first kappa shape index (κ1) is 13.4. The van der Waals surface area contributed by atoms with Gasteiger partial charge in [0.25, 0.3) is 0 Å². The topological polar surface area (TPSA) is 47.7 Å². The molecule has 2 aromatic heterocycles. The molecular weight excluding hydrogens is 250 g/mol. The highest BCUT2D eigenvalue weighted by Gasteiger charge is 2.32. The Bertz CT molecular complexity index is 536. The largest absolute Gasteiger partial charge is 0.329 e. The predicted octanol–water partition coefficient (Wildman–Crippen LogP) is 1.98. The third-order valence-corrected chi connectivity index (χ3v) is 4.48. The van der Waals surface area contributed by atoms with E-state index in [0.717, 1.165) is 19.6 Å². The third-order valence-electron chi connectivity index (χ3n) is 4.48. The van der Waals surface area contributed by atoms with Crippen molar-refractivity contribution in [2.45, 2.75) is 44.7 Å². The van der Waals surface area contributed by atoms with E-state index in [2.05, 4.69) is 33.8 Å². The summed E-state index contributed by atoms with van der Waals surface area (Å²) in [5.74, 6) is 0. The predicted molar refractivity (Wildman–Crippen MR) is 78.6 cm³/mol. The van der Waals surface area contributed by atoms with Crippen LogP contribution in [-0.2, 0) is 12.0 Å². The number of nitrogens with one attached hydrogen (secondary N) is 1. The molecule has 0 radical (unpaired) electrons.